The van der Waals surface area contributed by atoms with E-state index in [1.54, 1.807) is 72.8 Å². The number of ether oxygens (including phenoxy) is 1. The zero-order valence-electron chi connectivity index (χ0n) is 21.8. The third kappa shape index (κ3) is 5.62. The molecule has 0 spiro atoms. The van der Waals surface area contributed by atoms with E-state index in [1.165, 1.54) is 13.2 Å². The van der Waals surface area contributed by atoms with Crippen LogP contribution in [-0.2, 0) is 0 Å². The number of carbonyl (C=O) groups excluding carboxylic acids is 2. The van der Waals surface area contributed by atoms with Gasteiger partial charge in [0, 0.05) is 34.8 Å². The van der Waals surface area contributed by atoms with Crippen LogP contribution in [-0.4, -0.2) is 48.1 Å². The average molecular weight is 534 g/mol. The number of rotatable bonds is 7. The Kier molecular flexibility index (Phi) is 7.71. The van der Waals surface area contributed by atoms with Crippen molar-refractivity contribution in [1.29, 1.82) is 5.26 Å². The lowest BCUT2D eigenvalue weighted by Gasteiger charge is -2.15. The molecule has 9 heteroatoms. The number of hydrogen-bond acceptors (Lipinski definition) is 7. The van der Waals surface area contributed by atoms with E-state index >= 15 is 0 Å². The predicted molar refractivity (Wildman–Crippen MR) is 151 cm³/mol. The Morgan fingerprint density at radius 3 is 2.50 bits per heavy atom. The quantitative estimate of drug-likeness (QED) is 0.277. The van der Waals surface area contributed by atoms with Gasteiger partial charge in [-0.15, -0.1) is 0 Å². The fourth-order valence-corrected chi connectivity index (χ4v) is 4.62. The van der Waals surface area contributed by atoms with Crippen LogP contribution < -0.4 is 20.7 Å². The van der Waals surface area contributed by atoms with E-state index in [0.717, 1.165) is 13.0 Å². The summed E-state index contributed by atoms with van der Waals surface area (Å²) in [4.78, 5) is 30.7. The van der Waals surface area contributed by atoms with Gasteiger partial charge in [0.2, 0.25) is 0 Å². The molecule has 2 amide bonds. The summed E-state index contributed by atoms with van der Waals surface area (Å²) in [6.07, 6.45) is 0.856. The van der Waals surface area contributed by atoms with Crippen molar-refractivity contribution in [2.45, 2.75) is 12.5 Å². The number of carbonyl (C=O) groups is 2. The highest BCUT2D eigenvalue weighted by molar-refractivity contribution is 6.05. The minimum atomic E-state index is -0.485. The molecule has 40 heavy (non-hydrogen) atoms. The van der Waals surface area contributed by atoms with Crippen molar-refractivity contribution in [2.24, 2.45) is 0 Å². The molecule has 1 aliphatic rings. The van der Waals surface area contributed by atoms with Gasteiger partial charge in [-0.05, 0) is 67.1 Å². The van der Waals surface area contributed by atoms with Crippen molar-refractivity contribution < 1.29 is 19.4 Å². The zero-order chi connectivity index (χ0) is 28.1. The summed E-state index contributed by atoms with van der Waals surface area (Å²) in [6, 6.07) is 24.1. The Balaban J connectivity index is 1.59. The average Bonchev–Trinajstić information content (AvgIpc) is 3.50. The van der Waals surface area contributed by atoms with Crippen LogP contribution in [0.2, 0.25) is 0 Å². The number of aromatic nitrogens is 1. The van der Waals surface area contributed by atoms with Crippen molar-refractivity contribution in [2.75, 3.05) is 25.5 Å². The second-order valence-corrected chi connectivity index (χ2v) is 9.34. The first-order valence-electron chi connectivity index (χ1n) is 12.8. The number of phenolic OH excluding ortho intramolecular Hbond substituents is 1. The first kappa shape index (κ1) is 26.4. The fraction of sp³-hybridized carbons (Fsp3) is 0.161. The van der Waals surface area contributed by atoms with Gasteiger partial charge in [-0.3, -0.25) is 9.59 Å². The highest BCUT2D eigenvalue weighted by Gasteiger charge is 2.21. The van der Waals surface area contributed by atoms with Crippen LogP contribution in [0.15, 0.2) is 78.9 Å². The van der Waals surface area contributed by atoms with E-state index in [0.29, 0.717) is 45.8 Å². The molecule has 3 aromatic carbocycles. The van der Waals surface area contributed by atoms with Gasteiger partial charge < -0.3 is 25.8 Å². The van der Waals surface area contributed by atoms with Crippen LogP contribution in [0.3, 0.4) is 0 Å². The van der Waals surface area contributed by atoms with Gasteiger partial charge in [0.1, 0.15) is 23.1 Å². The summed E-state index contributed by atoms with van der Waals surface area (Å²) in [7, 11) is 1.51. The Labute approximate surface area is 231 Å². The molecule has 200 valence electrons. The predicted octanol–water partition coefficient (Wildman–Crippen LogP) is 4.35. The molecule has 1 unspecified atom stereocenters. The Bertz CT molecular complexity index is 1620. The first-order chi connectivity index (χ1) is 19.5. The minimum absolute atomic E-state index is 0.00553. The minimum Gasteiger partial charge on any atom is -0.507 e. The molecule has 0 saturated carbocycles. The van der Waals surface area contributed by atoms with Crippen LogP contribution in [0, 0.1) is 11.3 Å². The highest BCUT2D eigenvalue weighted by Crippen LogP contribution is 2.36. The largest absolute Gasteiger partial charge is 0.507 e. The number of methoxy groups -OCH3 is 1. The Morgan fingerprint density at radius 2 is 1.77 bits per heavy atom. The molecular weight excluding hydrogens is 506 g/mol. The second-order valence-electron chi connectivity index (χ2n) is 9.34. The smallest absolute Gasteiger partial charge is 0.256 e. The maximum atomic E-state index is 13.2. The third-order valence-electron chi connectivity index (χ3n) is 6.71. The molecule has 1 aromatic heterocycles. The van der Waals surface area contributed by atoms with Crippen molar-refractivity contribution in [3.05, 3.63) is 95.6 Å². The standard InChI is InChI=1S/C31H27N5O4/c1-40-23-9-5-8-21(15-23)31(39)36-29-26(17-32)25(16-27(35-29)24-10-2-3-11-28(24)37)19-6-4-7-20(14-19)30(38)34-22-12-13-33-18-22/h2-11,14-16,22,33,37H,12-13,18H2,1H3,(H,34,38)(H,35,36,39). The number of amides is 2. The van der Waals surface area contributed by atoms with E-state index < -0.39 is 5.91 Å². The maximum absolute atomic E-state index is 13.2. The zero-order valence-corrected chi connectivity index (χ0v) is 21.8. The summed E-state index contributed by atoms with van der Waals surface area (Å²) in [5.41, 5.74) is 2.69. The number of benzene rings is 3. The molecule has 4 N–H and O–H groups in total. The number of hydrogen-bond donors (Lipinski definition) is 4. The van der Waals surface area contributed by atoms with Crippen LogP contribution in [0.25, 0.3) is 22.4 Å². The highest BCUT2D eigenvalue weighted by atomic mass is 16.5. The van der Waals surface area contributed by atoms with Gasteiger partial charge in [0.05, 0.1) is 12.8 Å². The van der Waals surface area contributed by atoms with Crippen molar-refractivity contribution >= 4 is 17.6 Å². The Morgan fingerprint density at radius 1 is 1.00 bits per heavy atom. The van der Waals surface area contributed by atoms with Crippen molar-refractivity contribution in [1.82, 2.24) is 15.6 Å². The summed E-state index contributed by atoms with van der Waals surface area (Å²) in [6.45, 7) is 1.57. The van der Waals surface area contributed by atoms with Crippen LogP contribution in [0.1, 0.15) is 32.7 Å². The topological polar surface area (TPSA) is 136 Å². The van der Waals surface area contributed by atoms with E-state index in [-0.39, 0.29) is 29.1 Å². The van der Waals surface area contributed by atoms with E-state index in [1.807, 2.05) is 0 Å². The number of para-hydroxylation sites is 1. The fourth-order valence-electron chi connectivity index (χ4n) is 4.62. The molecule has 2 heterocycles. The number of pyridine rings is 1. The summed E-state index contributed by atoms with van der Waals surface area (Å²) in [5.74, 6) is -0.169. The van der Waals surface area contributed by atoms with E-state index in [4.69, 9.17) is 4.74 Å². The molecule has 0 radical (unpaired) electrons. The SMILES string of the molecule is COc1cccc(C(=O)Nc2nc(-c3ccccc3O)cc(-c3cccc(C(=O)NC4CCNC4)c3)c2C#N)c1. The van der Waals surface area contributed by atoms with Crippen LogP contribution >= 0.6 is 0 Å². The molecule has 1 fully saturated rings. The number of anilines is 1. The van der Waals surface area contributed by atoms with Gasteiger partial charge in [0.15, 0.2) is 5.82 Å². The number of aromatic hydroxyl groups is 1. The lowest BCUT2D eigenvalue weighted by molar-refractivity contribution is 0.0939. The molecule has 4 aromatic rings. The number of phenols is 1. The molecule has 0 aliphatic carbocycles. The second kappa shape index (κ2) is 11.7. The Hall–Kier alpha value is -5.20. The molecular formula is C31H27N5O4. The molecule has 5 rings (SSSR count). The monoisotopic (exact) mass is 533 g/mol. The van der Waals surface area contributed by atoms with Gasteiger partial charge in [0.25, 0.3) is 11.8 Å². The first-order valence-corrected chi connectivity index (χ1v) is 12.8. The van der Waals surface area contributed by atoms with Crippen molar-refractivity contribution in [3.63, 3.8) is 0 Å². The molecule has 1 aliphatic heterocycles. The van der Waals surface area contributed by atoms with Gasteiger partial charge in [-0.2, -0.15) is 5.26 Å². The molecule has 9 nitrogen and oxygen atoms in total. The van der Waals surface area contributed by atoms with Crippen LogP contribution in [0.4, 0.5) is 5.82 Å². The van der Waals surface area contributed by atoms with Gasteiger partial charge in [-0.25, -0.2) is 4.98 Å². The summed E-state index contributed by atoms with van der Waals surface area (Å²) in [5, 5.41) is 29.8. The summed E-state index contributed by atoms with van der Waals surface area (Å²) >= 11 is 0. The van der Waals surface area contributed by atoms with Crippen LogP contribution in [0.5, 0.6) is 11.5 Å². The lowest BCUT2D eigenvalue weighted by atomic mass is 9.96. The summed E-state index contributed by atoms with van der Waals surface area (Å²) < 4.78 is 5.23. The van der Waals surface area contributed by atoms with Crippen molar-refractivity contribution in [3.8, 4) is 40.0 Å². The van der Waals surface area contributed by atoms with E-state index in [2.05, 4.69) is 27.0 Å². The normalized spacial score (nSPS) is 14.2. The van der Waals surface area contributed by atoms with Gasteiger partial charge >= 0.3 is 0 Å². The number of nitrogens with one attached hydrogen (secondary N) is 3. The molecule has 1 saturated heterocycles. The third-order valence-corrected chi connectivity index (χ3v) is 6.71. The molecule has 0 bridgehead atoms. The van der Waals surface area contributed by atoms with Gasteiger partial charge in [-0.1, -0.05) is 30.3 Å². The maximum Gasteiger partial charge on any atom is 0.256 e. The molecule has 1 atom stereocenters. The lowest BCUT2D eigenvalue weighted by Crippen LogP contribution is -2.36. The van der Waals surface area contributed by atoms with E-state index in [9.17, 15) is 20.0 Å². The number of nitriles is 1. The number of nitrogens with zero attached hydrogens (tertiary/aromatic N) is 2.